The number of nitrogens with zero attached hydrogens (tertiary/aromatic N) is 2. The lowest BCUT2D eigenvalue weighted by atomic mass is 10.2. The van der Waals surface area contributed by atoms with Crippen molar-refractivity contribution < 1.29 is 24.3 Å². The van der Waals surface area contributed by atoms with E-state index in [0.29, 0.717) is 11.3 Å². The number of imide groups is 1. The minimum Gasteiger partial charge on any atom is -0.463 e. The van der Waals surface area contributed by atoms with Crippen molar-refractivity contribution in [1.29, 1.82) is 0 Å². The Bertz CT molecular complexity index is 596. The number of hydrogen-bond acceptors (Lipinski definition) is 6. The molecule has 2 N–H and O–H groups in total. The molecule has 1 fully saturated rings. The lowest BCUT2D eigenvalue weighted by molar-refractivity contribution is -0.142. The number of amides is 3. The Morgan fingerprint density at radius 3 is 2.67 bits per heavy atom. The molecule has 1 unspecified atom stereocenters. The zero-order valence-corrected chi connectivity index (χ0v) is 11.1. The van der Waals surface area contributed by atoms with Crippen LogP contribution in [0.25, 0.3) is 0 Å². The second-order valence-corrected chi connectivity index (χ2v) is 4.31. The normalized spacial score (nSPS) is 18.1. The zero-order valence-electron chi connectivity index (χ0n) is 11.1. The van der Waals surface area contributed by atoms with E-state index in [1.54, 1.807) is 24.3 Å². The van der Waals surface area contributed by atoms with Gasteiger partial charge in [0.1, 0.15) is 12.6 Å². The lowest BCUT2D eigenvalue weighted by Gasteiger charge is -2.13. The summed E-state index contributed by atoms with van der Waals surface area (Å²) in [5.74, 6) is -1.02. The van der Waals surface area contributed by atoms with E-state index in [1.165, 1.54) is 13.1 Å². The fourth-order valence-electron chi connectivity index (χ4n) is 1.87. The van der Waals surface area contributed by atoms with Gasteiger partial charge in [-0.25, -0.2) is 9.69 Å². The van der Waals surface area contributed by atoms with Gasteiger partial charge < -0.3 is 15.3 Å². The van der Waals surface area contributed by atoms with Gasteiger partial charge in [0, 0.05) is 6.92 Å². The molecule has 2 rings (SSSR count). The molecule has 1 aromatic carbocycles. The summed E-state index contributed by atoms with van der Waals surface area (Å²) in [6, 6.07) is 4.80. The third kappa shape index (κ3) is 3.16. The molecule has 8 nitrogen and oxygen atoms in total. The van der Waals surface area contributed by atoms with Crippen molar-refractivity contribution in [2.75, 3.05) is 11.5 Å². The molecule has 8 heteroatoms. The number of nitrogens with one attached hydrogen (secondary N) is 1. The van der Waals surface area contributed by atoms with Gasteiger partial charge >= 0.3 is 12.0 Å². The molecule has 110 valence electrons. The van der Waals surface area contributed by atoms with E-state index in [1.807, 2.05) is 0 Å². The van der Waals surface area contributed by atoms with E-state index in [-0.39, 0.29) is 6.61 Å². The number of benzene rings is 1. The van der Waals surface area contributed by atoms with E-state index in [4.69, 9.17) is 9.94 Å². The number of urea groups is 1. The largest absolute Gasteiger partial charge is 0.463 e. The summed E-state index contributed by atoms with van der Waals surface area (Å²) in [7, 11) is 0. The highest BCUT2D eigenvalue weighted by Crippen LogP contribution is 2.20. The van der Waals surface area contributed by atoms with Gasteiger partial charge in [-0.3, -0.25) is 9.59 Å². The van der Waals surface area contributed by atoms with Crippen LogP contribution in [0, 0.1) is 0 Å². The molecule has 1 heterocycles. The SMILES string of the molecule is CC(=O)OCC1NC(=O)N(c2ccc(C=NO)cc2)C1=O. The van der Waals surface area contributed by atoms with Crippen molar-refractivity contribution in [2.24, 2.45) is 5.16 Å². The van der Waals surface area contributed by atoms with Crippen molar-refractivity contribution in [3.05, 3.63) is 29.8 Å². The maximum atomic E-state index is 12.1. The maximum Gasteiger partial charge on any atom is 0.329 e. The highest BCUT2D eigenvalue weighted by molar-refractivity contribution is 6.21. The van der Waals surface area contributed by atoms with Crippen LogP contribution in [-0.2, 0) is 14.3 Å². The monoisotopic (exact) mass is 291 g/mol. The third-order valence-electron chi connectivity index (χ3n) is 2.83. The summed E-state index contributed by atoms with van der Waals surface area (Å²) >= 11 is 0. The number of ether oxygens (including phenoxy) is 1. The molecular weight excluding hydrogens is 278 g/mol. The van der Waals surface area contributed by atoms with Crippen LogP contribution in [0.4, 0.5) is 10.5 Å². The predicted octanol–water partition coefficient (Wildman–Crippen LogP) is 0.483. The van der Waals surface area contributed by atoms with Gasteiger partial charge in [0.2, 0.25) is 0 Å². The Labute approximate surface area is 120 Å². The van der Waals surface area contributed by atoms with Crippen molar-refractivity contribution in [2.45, 2.75) is 13.0 Å². The Morgan fingerprint density at radius 1 is 1.43 bits per heavy atom. The van der Waals surface area contributed by atoms with E-state index < -0.39 is 23.9 Å². The van der Waals surface area contributed by atoms with E-state index in [9.17, 15) is 14.4 Å². The molecule has 0 radical (unpaired) electrons. The quantitative estimate of drug-likeness (QED) is 0.276. The molecule has 21 heavy (non-hydrogen) atoms. The number of hydrogen-bond donors (Lipinski definition) is 2. The fourth-order valence-corrected chi connectivity index (χ4v) is 1.87. The molecule has 1 aromatic rings. The minimum atomic E-state index is -0.889. The molecule has 1 atom stereocenters. The second-order valence-electron chi connectivity index (χ2n) is 4.31. The molecular formula is C13H13N3O5. The van der Waals surface area contributed by atoms with Crippen molar-refractivity contribution in [1.82, 2.24) is 5.32 Å². The highest BCUT2D eigenvalue weighted by Gasteiger charge is 2.39. The van der Waals surface area contributed by atoms with Crippen LogP contribution < -0.4 is 10.2 Å². The molecule has 1 saturated heterocycles. The van der Waals surface area contributed by atoms with Gasteiger partial charge in [0.25, 0.3) is 5.91 Å². The average Bonchev–Trinajstić information content (AvgIpc) is 2.73. The van der Waals surface area contributed by atoms with Crippen LogP contribution in [0.2, 0.25) is 0 Å². The zero-order chi connectivity index (χ0) is 15.4. The summed E-state index contributed by atoms with van der Waals surface area (Å²) in [6.07, 6.45) is 1.22. The Hall–Kier alpha value is -2.90. The highest BCUT2D eigenvalue weighted by atomic mass is 16.5. The van der Waals surface area contributed by atoms with E-state index in [0.717, 1.165) is 4.90 Å². The van der Waals surface area contributed by atoms with Crippen molar-refractivity contribution in [3.63, 3.8) is 0 Å². The lowest BCUT2D eigenvalue weighted by Crippen LogP contribution is -2.35. The standard InChI is InChI=1S/C13H13N3O5/c1-8(17)21-7-11-12(18)16(13(19)15-11)10-4-2-9(3-5-10)6-14-20/h2-6,11,20H,7H2,1H3,(H,15,19). The molecule has 0 saturated carbocycles. The van der Waals surface area contributed by atoms with Gasteiger partial charge in [-0.05, 0) is 17.7 Å². The summed E-state index contributed by atoms with van der Waals surface area (Å²) < 4.78 is 4.73. The number of rotatable bonds is 4. The molecule has 1 aliphatic heterocycles. The number of carbonyl (C=O) groups excluding carboxylic acids is 3. The van der Waals surface area contributed by atoms with Crippen LogP contribution >= 0.6 is 0 Å². The van der Waals surface area contributed by atoms with Crippen LogP contribution in [-0.4, -0.2) is 42.0 Å². The Morgan fingerprint density at radius 2 is 2.10 bits per heavy atom. The first-order valence-electron chi connectivity index (χ1n) is 6.08. The minimum absolute atomic E-state index is 0.203. The maximum absolute atomic E-state index is 12.1. The molecule has 0 aromatic heterocycles. The number of oxime groups is 1. The fraction of sp³-hybridized carbons (Fsp3) is 0.231. The smallest absolute Gasteiger partial charge is 0.329 e. The summed E-state index contributed by atoms with van der Waals surface area (Å²) in [5.41, 5.74) is 0.989. The van der Waals surface area contributed by atoms with Crippen molar-refractivity contribution in [3.8, 4) is 0 Å². The Balaban J connectivity index is 2.14. The van der Waals surface area contributed by atoms with Gasteiger partial charge in [0.05, 0.1) is 11.9 Å². The molecule has 1 aliphatic rings. The van der Waals surface area contributed by atoms with E-state index >= 15 is 0 Å². The number of anilines is 1. The predicted molar refractivity (Wildman–Crippen MR) is 72.3 cm³/mol. The molecule has 0 bridgehead atoms. The topological polar surface area (TPSA) is 108 Å². The van der Waals surface area contributed by atoms with Crippen LogP contribution in [0.3, 0.4) is 0 Å². The third-order valence-corrected chi connectivity index (χ3v) is 2.83. The first-order chi connectivity index (χ1) is 10.0. The van der Waals surface area contributed by atoms with Gasteiger partial charge in [-0.1, -0.05) is 17.3 Å². The molecule has 0 aliphatic carbocycles. The van der Waals surface area contributed by atoms with Gasteiger partial charge in [0.15, 0.2) is 0 Å². The van der Waals surface area contributed by atoms with Crippen LogP contribution in [0.15, 0.2) is 29.4 Å². The summed E-state index contributed by atoms with van der Waals surface area (Å²) in [4.78, 5) is 35.7. The number of carbonyl (C=O) groups is 3. The summed E-state index contributed by atoms with van der Waals surface area (Å²) in [6.45, 7) is 1.02. The first kappa shape index (κ1) is 14.5. The van der Waals surface area contributed by atoms with Crippen LogP contribution in [0.1, 0.15) is 12.5 Å². The van der Waals surface area contributed by atoms with Gasteiger partial charge in [-0.15, -0.1) is 0 Å². The summed E-state index contributed by atoms with van der Waals surface area (Å²) in [5, 5.41) is 13.7. The van der Waals surface area contributed by atoms with E-state index in [2.05, 4.69) is 10.5 Å². The average molecular weight is 291 g/mol. The molecule has 0 spiro atoms. The first-order valence-corrected chi connectivity index (χ1v) is 6.08. The van der Waals surface area contributed by atoms with Crippen LogP contribution in [0.5, 0.6) is 0 Å². The molecule has 3 amide bonds. The Kier molecular flexibility index (Phi) is 4.17. The second kappa shape index (κ2) is 6.04. The van der Waals surface area contributed by atoms with Gasteiger partial charge in [-0.2, -0.15) is 0 Å². The number of esters is 1. The van der Waals surface area contributed by atoms with Crippen molar-refractivity contribution >= 4 is 29.8 Å².